The molecule has 0 radical (unpaired) electrons. The highest BCUT2D eigenvalue weighted by Gasteiger charge is 2.30. The predicted octanol–water partition coefficient (Wildman–Crippen LogP) is 1.34. The van der Waals surface area contributed by atoms with Gasteiger partial charge in [0.25, 0.3) is 0 Å². The van der Waals surface area contributed by atoms with Gasteiger partial charge in [-0.2, -0.15) is 0 Å². The third-order valence-electron chi connectivity index (χ3n) is 2.68. The maximum Gasteiger partial charge on any atom is 0.337 e. The van der Waals surface area contributed by atoms with Gasteiger partial charge in [-0.1, -0.05) is 11.6 Å². The number of sulfone groups is 1. The molecule has 0 aliphatic heterocycles. The molecule has 1 unspecified atom stereocenters. The van der Waals surface area contributed by atoms with Gasteiger partial charge in [0.15, 0.2) is 9.84 Å². The van der Waals surface area contributed by atoms with Crippen molar-refractivity contribution in [3.8, 4) is 0 Å². The van der Waals surface area contributed by atoms with Gasteiger partial charge in [0, 0.05) is 6.54 Å². The second-order valence-electron chi connectivity index (χ2n) is 4.03. The first-order valence-electron chi connectivity index (χ1n) is 5.76. The van der Waals surface area contributed by atoms with Crippen LogP contribution in [0.3, 0.4) is 0 Å². The van der Waals surface area contributed by atoms with Crippen LogP contribution in [0.5, 0.6) is 0 Å². The molecule has 0 spiro atoms. The van der Waals surface area contributed by atoms with Crippen LogP contribution in [0.2, 0.25) is 5.02 Å². The van der Waals surface area contributed by atoms with Crippen LogP contribution in [0.25, 0.3) is 0 Å². The standard InChI is InChI=1S/C12H14ClNO5S/c1-3-14-11(15)7(2)20(18,19)8-4-5-10(13)9(6-8)12(16)17/h4-7H,3H2,1-2H3,(H,14,15)(H,16,17). The van der Waals surface area contributed by atoms with Crippen LogP contribution in [0.15, 0.2) is 23.1 Å². The van der Waals surface area contributed by atoms with Crippen molar-refractivity contribution in [2.24, 2.45) is 0 Å². The van der Waals surface area contributed by atoms with Gasteiger partial charge in [-0.3, -0.25) is 4.79 Å². The Kier molecular flexibility index (Phi) is 5.13. The second kappa shape index (κ2) is 6.23. The number of hydrogen-bond acceptors (Lipinski definition) is 4. The quantitative estimate of drug-likeness (QED) is 0.853. The fourth-order valence-corrected chi connectivity index (χ4v) is 3.02. The van der Waals surface area contributed by atoms with Crippen LogP contribution < -0.4 is 5.32 Å². The Balaban J connectivity index is 3.26. The Morgan fingerprint density at radius 3 is 2.50 bits per heavy atom. The molecule has 6 nitrogen and oxygen atoms in total. The zero-order chi connectivity index (χ0) is 15.5. The molecule has 0 bridgehead atoms. The number of carbonyl (C=O) groups excluding carboxylic acids is 1. The van der Waals surface area contributed by atoms with Crippen molar-refractivity contribution in [3.05, 3.63) is 28.8 Å². The topological polar surface area (TPSA) is 101 Å². The van der Waals surface area contributed by atoms with E-state index in [1.54, 1.807) is 6.92 Å². The van der Waals surface area contributed by atoms with Crippen LogP contribution in [-0.2, 0) is 14.6 Å². The summed E-state index contributed by atoms with van der Waals surface area (Å²) in [6, 6.07) is 3.32. The van der Waals surface area contributed by atoms with E-state index in [1.165, 1.54) is 19.1 Å². The van der Waals surface area contributed by atoms with Gasteiger partial charge in [-0.25, -0.2) is 13.2 Å². The smallest absolute Gasteiger partial charge is 0.337 e. The summed E-state index contributed by atoms with van der Waals surface area (Å²) in [6.45, 7) is 3.22. The predicted molar refractivity (Wildman–Crippen MR) is 73.7 cm³/mol. The Bertz CT molecular complexity index is 641. The third kappa shape index (κ3) is 3.29. The Labute approximate surface area is 121 Å². The van der Waals surface area contributed by atoms with E-state index in [0.29, 0.717) is 6.54 Å². The first-order chi connectivity index (χ1) is 9.21. The van der Waals surface area contributed by atoms with E-state index in [0.717, 1.165) is 6.07 Å². The molecule has 2 N–H and O–H groups in total. The molecule has 1 amide bonds. The first-order valence-corrected chi connectivity index (χ1v) is 7.68. The lowest BCUT2D eigenvalue weighted by molar-refractivity contribution is -0.120. The fraction of sp³-hybridized carbons (Fsp3) is 0.333. The molecule has 20 heavy (non-hydrogen) atoms. The van der Waals surface area contributed by atoms with E-state index in [-0.39, 0.29) is 15.5 Å². The summed E-state index contributed by atoms with van der Waals surface area (Å²) in [4.78, 5) is 22.3. The molecule has 0 fully saturated rings. The minimum absolute atomic E-state index is 0.0675. The van der Waals surface area contributed by atoms with Gasteiger partial charge in [0.2, 0.25) is 5.91 Å². The minimum atomic E-state index is -3.97. The van der Waals surface area contributed by atoms with Crippen molar-refractivity contribution in [2.45, 2.75) is 24.0 Å². The highest BCUT2D eigenvalue weighted by atomic mass is 35.5. The molecular weight excluding hydrogens is 306 g/mol. The summed E-state index contributed by atoms with van der Waals surface area (Å²) in [6.07, 6.45) is 0. The van der Waals surface area contributed by atoms with Crippen LogP contribution in [-0.4, -0.2) is 37.2 Å². The molecule has 1 rings (SSSR count). The van der Waals surface area contributed by atoms with Gasteiger partial charge in [0.1, 0.15) is 5.25 Å². The number of amides is 1. The third-order valence-corrected chi connectivity index (χ3v) is 5.07. The average Bonchev–Trinajstić information content (AvgIpc) is 2.37. The van der Waals surface area contributed by atoms with Crippen molar-refractivity contribution in [3.63, 3.8) is 0 Å². The summed E-state index contributed by atoms with van der Waals surface area (Å²) in [5.74, 6) is -1.97. The van der Waals surface area contributed by atoms with E-state index in [4.69, 9.17) is 16.7 Å². The molecule has 8 heteroatoms. The van der Waals surface area contributed by atoms with Crippen molar-refractivity contribution >= 4 is 33.3 Å². The number of rotatable bonds is 5. The maximum atomic E-state index is 12.2. The fourth-order valence-electron chi connectivity index (χ4n) is 1.51. The normalized spacial score (nSPS) is 12.8. The summed E-state index contributed by atoms with van der Waals surface area (Å²) in [5.41, 5.74) is -0.323. The summed E-state index contributed by atoms with van der Waals surface area (Å²) < 4.78 is 24.5. The summed E-state index contributed by atoms with van der Waals surface area (Å²) in [5, 5.41) is 9.96. The lowest BCUT2D eigenvalue weighted by Crippen LogP contribution is -2.37. The van der Waals surface area contributed by atoms with E-state index >= 15 is 0 Å². The number of hydrogen-bond donors (Lipinski definition) is 2. The van der Waals surface area contributed by atoms with Gasteiger partial charge >= 0.3 is 5.97 Å². The van der Waals surface area contributed by atoms with Gasteiger partial charge in [-0.15, -0.1) is 0 Å². The van der Waals surface area contributed by atoms with Crippen LogP contribution in [0.4, 0.5) is 0 Å². The highest BCUT2D eigenvalue weighted by molar-refractivity contribution is 7.92. The Hall–Kier alpha value is -1.60. The molecule has 110 valence electrons. The number of carbonyl (C=O) groups is 2. The van der Waals surface area contributed by atoms with Crippen molar-refractivity contribution < 1.29 is 23.1 Å². The lowest BCUT2D eigenvalue weighted by atomic mass is 10.2. The molecule has 1 aromatic rings. The zero-order valence-corrected chi connectivity index (χ0v) is 12.5. The number of nitrogens with one attached hydrogen (secondary N) is 1. The maximum absolute atomic E-state index is 12.2. The van der Waals surface area contributed by atoms with Gasteiger partial charge in [0.05, 0.1) is 15.5 Å². The van der Waals surface area contributed by atoms with Crippen LogP contribution in [0, 0.1) is 0 Å². The zero-order valence-electron chi connectivity index (χ0n) is 10.9. The number of aromatic carboxylic acids is 1. The second-order valence-corrected chi connectivity index (χ2v) is 6.70. The van der Waals surface area contributed by atoms with E-state index in [1.807, 2.05) is 0 Å². The number of halogens is 1. The number of benzene rings is 1. The monoisotopic (exact) mass is 319 g/mol. The van der Waals surface area contributed by atoms with E-state index < -0.39 is 27.0 Å². The SMILES string of the molecule is CCNC(=O)C(C)S(=O)(=O)c1ccc(Cl)c(C(=O)O)c1. The average molecular weight is 320 g/mol. The van der Waals surface area contributed by atoms with Crippen molar-refractivity contribution in [1.82, 2.24) is 5.32 Å². The van der Waals surface area contributed by atoms with Gasteiger partial charge < -0.3 is 10.4 Å². The largest absolute Gasteiger partial charge is 0.478 e. The Morgan fingerprint density at radius 1 is 1.40 bits per heavy atom. The van der Waals surface area contributed by atoms with E-state index in [2.05, 4.69) is 5.32 Å². The molecular formula is C12H14ClNO5S. The van der Waals surface area contributed by atoms with Crippen molar-refractivity contribution in [1.29, 1.82) is 0 Å². The summed E-state index contributed by atoms with van der Waals surface area (Å²) in [7, 11) is -3.97. The minimum Gasteiger partial charge on any atom is -0.478 e. The number of carboxylic acid groups (broad SMARTS) is 1. The molecule has 0 heterocycles. The van der Waals surface area contributed by atoms with E-state index in [9.17, 15) is 18.0 Å². The van der Waals surface area contributed by atoms with Crippen LogP contribution >= 0.6 is 11.6 Å². The molecule has 1 atom stereocenters. The molecule has 0 aliphatic rings. The lowest BCUT2D eigenvalue weighted by Gasteiger charge is -2.13. The summed E-state index contributed by atoms with van der Waals surface area (Å²) >= 11 is 5.68. The van der Waals surface area contributed by atoms with Crippen molar-refractivity contribution in [2.75, 3.05) is 6.54 Å². The molecule has 1 aromatic carbocycles. The van der Waals surface area contributed by atoms with Gasteiger partial charge in [-0.05, 0) is 32.0 Å². The Morgan fingerprint density at radius 2 is 2.00 bits per heavy atom. The highest BCUT2D eigenvalue weighted by Crippen LogP contribution is 2.23. The molecule has 0 aliphatic carbocycles. The van der Waals surface area contributed by atoms with Crippen LogP contribution in [0.1, 0.15) is 24.2 Å². The molecule has 0 aromatic heterocycles. The molecule has 0 saturated heterocycles. The first kappa shape index (κ1) is 16.5. The number of carboxylic acids is 1. The molecule has 0 saturated carbocycles.